The zero-order valence-corrected chi connectivity index (χ0v) is 12.3. The van der Waals surface area contributed by atoms with E-state index in [2.05, 4.69) is 12.2 Å². The van der Waals surface area contributed by atoms with Crippen molar-refractivity contribution in [3.05, 3.63) is 0 Å². The van der Waals surface area contributed by atoms with Crippen LogP contribution in [-0.4, -0.2) is 36.1 Å². The molecule has 1 unspecified atom stereocenters. The fourth-order valence-electron chi connectivity index (χ4n) is 3.47. The van der Waals surface area contributed by atoms with Crippen molar-refractivity contribution in [2.75, 3.05) is 19.6 Å². The van der Waals surface area contributed by atoms with Gasteiger partial charge in [-0.3, -0.25) is 0 Å². The highest BCUT2D eigenvalue weighted by molar-refractivity contribution is 5.75. The second-order valence-electron chi connectivity index (χ2n) is 6.52. The van der Waals surface area contributed by atoms with Gasteiger partial charge in [-0.1, -0.05) is 32.6 Å². The average molecular weight is 267 g/mol. The molecule has 1 saturated heterocycles. The molecule has 2 fully saturated rings. The number of hydrogen-bond acceptors (Lipinski definition) is 2. The Kier molecular flexibility index (Phi) is 5.08. The third kappa shape index (κ3) is 3.85. The zero-order valence-electron chi connectivity index (χ0n) is 12.3. The predicted octanol–water partition coefficient (Wildman–Crippen LogP) is 2.48. The summed E-state index contributed by atoms with van der Waals surface area (Å²) in [5, 5.41) is 3.27. The predicted molar refractivity (Wildman–Crippen MR) is 78.0 cm³/mol. The van der Waals surface area contributed by atoms with Crippen molar-refractivity contribution in [1.29, 1.82) is 0 Å². The van der Waals surface area contributed by atoms with Crippen molar-refractivity contribution in [3.8, 4) is 0 Å². The van der Waals surface area contributed by atoms with E-state index in [0.29, 0.717) is 12.5 Å². The van der Waals surface area contributed by atoms with Crippen LogP contribution in [-0.2, 0) is 0 Å². The van der Waals surface area contributed by atoms with Gasteiger partial charge in [0, 0.05) is 19.6 Å². The van der Waals surface area contributed by atoms with Gasteiger partial charge in [0.15, 0.2) is 0 Å². The molecule has 1 aliphatic carbocycles. The van der Waals surface area contributed by atoms with E-state index in [-0.39, 0.29) is 11.6 Å². The summed E-state index contributed by atoms with van der Waals surface area (Å²) in [6, 6.07) is 0.110. The number of carbonyl (C=O) groups is 1. The van der Waals surface area contributed by atoms with Gasteiger partial charge in [-0.15, -0.1) is 0 Å². The summed E-state index contributed by atoms with van der Waals surface area (Å²) in [6.07, 6.45) is 9.38. The molecule has 1 atom stereocenters. The van der Waals surface area contributed by atoms with Crippen molar-refractivity contribution in [1.82, 2.24) is 10.2 Å². The van der Waals surface area contributed by atoms with Gasteiger partial charge in [-0.05, 0) is 31.6 Å². The molecule has 0 aromatic rings. The SMILES string of the molecule is CC1CCCN(C(=O)NC2(CN)CCCCCC2)C1. The Bertz CT molecular complexity index is 298. The highest BCUT2D eigenvalue weighted by Gasteiger charge is 2.33. The van der Waals surface area contributed by atoms with Crippen LogP contribution in [0.4, 0.5) is 4.79 Å². The average Bonchev–Trinajstić information content (AvgIpc) is 2.65. The van der Waals surface area contributed by atoms with E-state index >= 15 is 0 Å². The van der Waals surface area contributed by atoms with Crippen molar-refractivity contribution >= 4 is 6.03 Å². The number of nitrogens with two attached hydrogens (primary N) is 1. The van der Waals surface area contributed by atoms with Gasteiger partial charge in [0.05, 0.1) is 5.54 Å². The lowest BCUT2D eigenvalue weighted by Gasteiger charge is -2.37. The second kappa shape index (κ2) is 6.60. The Labute approximate surface area is 117 Å². The van der Waals surface area contributed by atoms with Crippen LogP contribution < -0.4 is 11.1 Å². The number of piperidine rings is 1. The fraction of sp³-hybridized carbons (Fsp3) is 0.933. The van der Waals surface area contributed by atoms with Crippen LogP contribution in [0.25, 0.3) is 0 Å². The molecular formula is C15H29N3O. The van der Waals surface area contributed by atoms with Crippen LogP contribution in [0.1, 0.15) is 58.3 Å². The second-order valence-corrected chi connectivity index (χ2v) is 6.52. The monoisotopic (exact) mass is 267 g/mol. The summed E-state index contributed by atoms with van der Waals surface area (Å²) >= 11 is 0. The molecule has 2 amide bonds. The molecule has 0 aromatic heterocycles. The molecule has 1 aliphatic heterocycles. The van der Waals surface area contributed by atoms with Crippen LogP contribution in [0.15, 0.2) is 0 Å². The van der Waals surface area contributed by atoms with E-state index < -0.39 is 0 Å². The Morgan fingerprint density at radius 2 is 1.95 bits per heavy atom. The molecule has 1 saturated carbocycles. The third-order valence-electron chi connectivity index (χ3n) is 4.77. The lowest BCUT2D eigenvalue weighted by Crippen LogP contribution is -2.58. The van der Waals surface area contributed by atoms with Gasteiger partial charge in [0.2, 0.25) is 0 Å². The van der Waals surface area contributed by atoms with Crippen LogP contribution >= 0.6 is 0 Å². The molecule has 0 spiro atoms. The van der Waals surface area contributed by atoms with E-state index in [4.69, 9.17) is 5.73 Å². The molecule has 0 bridgehead atoms. The quantitative estimate of drug-likeness (QED) is 0.755. The minimum absolute atomic E-state index is 0.110. The Morgan fingerprint density at radius 3 is 2.53 bits per heavy atom. The van der Waals surface area contributed by atoms with E-state index in [0.717, 1.165) is 32.4 Å². The van der Waals surface area contributed by atoms with Crippen LogP contribution in [0.3, 0.4) is 0 Å². The van der Waals surface area contributed by atoms with E-state index in [1.807, 2.05) is 4.90 Å². The molecule has 1 heterocycles. The lowest BCUT2D eigenvalue weighted by molar-refractivity contribution is 0.154. The maximum Gasteiger partial charge on any atom is 0.317 e. The number of amides is 2. The fourth-order valence-corrected chi connectivity index (χ4v) is 3.47. The first kappa shape index (κ1) is 14.6. The first-order chi connectivity index (χ1) is 9.15. The maximum atomic E-state index is 12.4. The summed E-state index contributed by atoms with van der Waals surface area (Å²) in [6.45, 7) is 4.59. The third-order valence-corrected chi connectivity index (χ3v) is 4.77. The molecule has 0 radical (unpaired) electrons. The van der Waals surface area contributed by atoms with Crippen molar-refractivity contribution in [2.24, 2.45) is 11.7 Å². The van der Waals surface area contributed by atoms with Gasteiger partial charge >= 0.3 is 6.03 Å². The molecule has 3 N–H and O–H groups in total. The van der Waals surface area contributed by atoms with Crippen molar-refractivity contribution in [2.45, 2.75) is 63.8 Å². The van der Waals surface area contributed by atoms with E-state index in [1.165, 1.54) is 32.1 Å². The van der Waals surface area contributed by atoms with Crippen LogP contribution in [0, 0.1) is 5.92 Å². The smallest absolute Gasteiger partial charge is 0.317 e. The van der Waals surface area contributed by atoms with Crippen LogP contribution in [0.5, 0.6) is 0 Å². The Hall–Kier alpha value is -0.770. The molecule has 2 aliphatic rings. The Balaban J connectivity index is 1.94. The van der Waals surface area contributed by atoms with E-state index in [1.54, 1.807) is 0 Å². The maximum absolute atomic E-state index is 12.4. The van der Waals surface area contributed by atoms with Gasteiger partial charge in [0.25, 0.3) is 0 Å². The summed E-state index contributed by atoms with van der Waals surface area (Å²) in [4.78, 5) is 14.4. The number of hydrogen-bond donors (Lipinski definition) is 2. The molecule has 2 rings (SSSR count). The number of nitrogens with one attached hydrogen (secondary N) is 1. The first-order valence-electron chi connectivity index (χ1n) is 7.92. The zero-order chi connectivity index (χ0) is 13.7. The molecule has 19 heavy (non-hydrogen) atoms. The largest absolute Gasteiger partial charge is 0.331 e. The summed E-state index contributed by atoms with van der Waals surface area (Å²) in [5.41, 5.74) is 5.84. The number of urea groups is 1. The lowest BCUT2D eigenvalue weighted by atomic mass is 9.90. The summed E-state index contributed by atoms with van der Waals surface area (Å²) in [7, 11) is 0. The number of nitrogens with zero attached hydrogens (tertiary/aromatic N) is 1. The topological polar surface area (TPSA) is 58.4 Å². The molecular weight excluding hydrogens is 238 g/mol. The molecule has 0 aromatic carbocycles. The summed E-state index contributed by atoms with van der Waals surface area (Å²) in [5.74, 6) is 0.627. The normalized spacial score (nSPS) is 27.7. The molecule has 110 valence electrons. The van der Waals surface area contributed by atoms with Gasteiger partial charge in [0.1, 0.15) is 0 Å². The van der Waals surface area contributed by atoms with Crippen LogP contribution in [0.2, 0.25) is 0 Å². The molecule has 4 nitrogen and oxygen atoms in total. The van der Waals surface area contributed by atoms with Gasteiger partial charge in [-0.25, -0.2) is 4.79 Å². The van der Waals surface area contributed by atoms with Gasteiger partial charge < -0.3 is 16.0 Å². The standard InChI is InChI=1S/C15H29N3O/c1-13-7-6-10-18(11-13)14(19)17-15(12-16)8-4-2-3-5-9-15/h13H,2-12,16H2,1H3,(H,17,19). The minimum atomic E-state index is -0.145. The number of likely N-dealkylation sites (tertiary alicyclic amines) is 1. The molecule has 4 heteroatoms. The highest BCUT2D eigenvalue weighted by Crippen LogP contribution is 2.27. The van der Waals surface area contributed by atoms with Crippen molar-refractivity contribution < 1.29 is 4.79 Å². The first-order valence-corrected chi connectivity index (χ1v) is 7.92. The van der Waals surface area contributed by atoms with E-state index in [9.17, 15) is 4.79 Å². The highest BCUT2D eigenvalue weighted by atomic mass is 16.2. The number of carbonyl (C=O) groups excluding carboxylic acids is 1. The van der Waals surface area contributed by atoms with Gasteiger partial charge in [-0.2, -0.15) is 0 Å². The van der Waals surface area contributed by atoms with Crippen molar-refractivity contribution in [3.63, 3.8) is 0 Å². The Morgan fingerprint density at radius 1 is 1.26 bits per heavy atom. The summed E-state index contributed by atoms with van der Waals surface area (Å²) < 4.78 is 0. The minimum Gasteiger partial charge on any atom is -0.331 e. The number of rotatable bonds is 2.